The first kappa shape index (κ1) is 16.4. The van der Waals surface area contributed by atoms with Crippen LogP contribution in [0.4, 0.5) is 0 Å². The highest BCUT2D eigenvalue weighted by molar-refractivity contribution is 5.87. The van der Waals surface area contributed by atoms with Crippen LogP contribution in [0.25, 0.3) is 0 Å². The second-order valence-corrected chi connectivity index (χ2v) is 6.15. The molecule has 0 radical (unpaired) electrons. The maximum Gasteiger partial charge on any atom is 0.0343 e. The van der Waals surface area contributed by atoms with Crippen molar-refractivity contribution in [3.63, 3.8) is 0 Å². The normalized spacial score (nSPS) is 22.1. The summed E-state index contributed by atoms with van der Waals surface area (Å²) in [5, 5.41) is 0. The van der Waals surface area contributed by atoms with Crippen molar-refractivity contribution in [3.8, 4) is 0 Å². The molecule has 108 valence electrons. The molecule has 0 saturated heterocycles. The molecule has 0 unspecified atom stereocenters. The molecule has 0 amide bonds. The molecule has 0 fully saturated rings. The zero-order valence-corrected chi connectivity index (χ0v) is 13.6. The van der Waals surface area contributed by atoms with Gasteiger partial charge >= 0.3 is 0 Å². The molecular weight excluding hydrogens is 242 g/mol. The zero-order valence-electron chi connectivity index (χ0n) is 13.6. The summed E-state index contributed by atoms with van der Waals surface area (Å²) in [7, 11) is 0. The van der Waals surface area contributed by atoms with Gasteiger partial charge in [-0.05, 0) is 11.1 Å². The van der Waals surface area contributed by atoms with Crippen LogP contribution in [0.15, 0.2) is 64.9 Å². The standard InChI is InChI=1S/C17H21N.C2H6/c1-16(2)8-6-5-7-14(11-16)15-12-17(3,4)9-10-18-13-15;1-2/h5-13H,1-4H3;1-2H3. The van der Waals surface area contributed by atoms with Gasteiger partial charge in [0.2, 0.25) is 0 Å². The number of allylic oxidation sites excluding steroid dienone is 9. The highest BCUT2D eigenvalue weighted by Crippen LogP contribution is 2.30. The summed E-state index contributed by atoms with van der Waals surface area (Å²) in [4.78, 5) is 4.33. The molecule has 1 aliphatic carbocycles. The topological polar surface area (TPSA) is 12.4 Å². The lowest BCUT2D eigenvalue weighted by molar-refractivity contribution is 0.618. The van der Waals surface area contributed by atoms with Crippen molar-refractivity contribution in [2.75, 3.05) is 0 Å². The number of aliphatic imine (C=N–C) groups is 1. The van der Waals surface area contributed by atoms with Gasteiger partial charge in [0.15, 0.2) is 0 Å². The van der Waals surface area contributed by atoms with Crippen molar-refractivity contribution in [1.29, 1.82) is 0 Å². The Morgan fingerprint density at radius 3 is 2.10 bits per heavy atom. The summed E-state index contributed by atoms with van der Waals surface area (Å²) >= 11 is 0. The Kier molecular flexibility index (Phi) is 5.50. The largest absolute Gasteiger partial charge is 0.264 e. The van der Waals surface area contributed by atoms with Crippen molar-refractivity contribution >= 4 is 6.21 Å². The van der Waals surface area contributed by atoms with E-state index < -0.39 is 0 Å². The Balaban J connectivity index is 0.000000956. The van der Waals surface area contributed by atoms with Crippen molar-refractivity contribution in [2.24, 2.45) is 15.8 Å². The van der Waals surface area contributed by atoms with Gasteiger partial charge in [0, 0.05) is 23.2 Å². The van der Waals surface area contributed by atoms with E-state index in [-0.39, 0.29) is 10.8 Å². The Labute approximate surface area is 124 Å². The van der Waals surface area contributed by atoms with Gasteiger partial charge in [0.05, 0.1) is 0 Å². The number of rotatable bonds is 1. The van der Waals surface area contributed by atoms with Crippen LogP contribution < -0.4 is 0 Å². The quantitative estimate of drug-likeness (QED) is 0.584. The third-order valence-electron chi connectivity index (χ3n) is 3.10. The summed E-state index contributed by atoms with van der Waals surface area (Å²) in [5.74, 6) is 0. The SMILES string of the molecule is CC.CC1(C)C=CC=CC(C2=CC(C)(C)C=CN=C2)=C1. The summed E-state index contributed by atoms with van der Waals surface area (Å²) in [6.45, 7) is 12.8. The van der Waals surface area contributed by atoms with E-state index in [2.05, 4.69) is 75.2 Å². The smallest absolute Gasteiger partial charge is 0.0343 e. The molecule has 1 nitrogen and oxygen atoms in total. The lowest BCUT2D eigenvalue weighted by Crippen LogP contribution is -2.07. The van der Waals surface area contributed by atoms with Crippen LogP contribution in [-0.2, 0) is 0 Å². The predicted molar refractivity (Wildman–Crippen MR) is 91.0 cm³/mol. The fourth-order valence-electron chi connectivity index (χ4n) is 2.14. The van der Waals surface area contributed by atoms with Crippen LogP contribution in [-0.4, -0.2) is 6.21 Å². The van der Waals surface area contributed by atoms with E-state index in [0.717, 1.165) is 0 Å². The lowest BCUT2D eigenvalue weighted by Gasteiger charge is -2.18. The minimum atomic E-state index is 0.0460. The molecule has 20 heavy (non-hydrogen) atoms. The first-order valence-electron chi connectivity index (χ1n) is 7.41. The predicted octanol–water partition coefficient (Wildman–Crippen LogP) is 5.64. The summed E-state index contributed by atoms with van der Waals surface area (Å²) in [6.07, 6.45) is 19.1. The third-order valence-corrected chi connectivity index (χ3v) is 3.10. The van der Waals surface area contributed by atoms with E-state index in [4.69, 9.17) is 0 Å². The fourth-order valence-corrected chi connectivity index (χ4v) is 2.14. The van der Waals surface area contributed by atoms with Gasteiger partial charge in [0.25, 0.3) is 0 Å². The average Bonchev–Trinajstić information content (AvgIpc) is 2.66. The number of hydrogen-bond donors (Lipinski definition) is 0. The van der Waals surface area contributed by atoms with E-state index in [1.54, 1.807) is 0 Å². The van der Waals surface area contributed by atoms with Gasteiger partial charge in [-0.1, -0.05) is 84.1 Å². The molecule has 0 spiro atoms. The van der Waals surface area contributed by atoms with Gasteiger partial charge in [-0.15, -0.1) is 0 Å². The van der Waals surface area contributed by atoms with Crippen molar-refractivity contribution in [1.82, 2.24) is 0 Å². The Bertz CT molecular complexity index is 458. The van der Waals surface area contributed by atoms with Crippen LogP contribution in [0.5, 0.6) is 0 Å². The van der Waals surface area contributed by atoms with E-state index in [9.17, 15) is 0 Å². The highest BCUT2D eigenvalue weighted by Gasteiger charge is 2.17. The van der Waals surface area contributed by atoms with Crippen molar-refractivity contribution in [2.45, 2.75) is 41.5 Å². The van der Waals surface area contributed by atoms with E-state index in [1.165, 1.54) is 11.1 Å². The molecule has 1 heteroatoms. The third kappa shape index (κ3) is 4.80. The van der Waals surface area contributed by atoms with E-state index >= 15 is 0 Å². The van der Waals surface area contributed by atoms with Crippen LogP contribution in [0, 0.1) is 10.8 Å². The first-order valence-corrected chi connectivity index (χ1v) is 7.41. The maximum atomic E-state index is 4.33. The van der Waals surface area contributed by atoms with Crippen LogP contribution in [0.2, 0.25) is 0 Å². The summed E-state index contributed by atoms with van der Waals surface area (Å²) in [6, 6.07) is 0. The second-order valence-electron chi connectivity index (χ2n) is 6.15. The highest BCUT2D eigenvalue weighted by atomic mass is 14.7. The minimum Gasteiger partial charge on any atom is -0.264 e. The molecule has 0 aromatic carbocycles. The minimum absolute atomic E-state index is 0.0460. The fraction of sp³-hybridized carbons (Fsp3) is 0.421. The molecule has 0 bridgehead atoms. The Morgan fingerprint density at radius 1 is 0.800 bits per heavy atom. The number of nitrogens with zero attached hydrogens (tertiary/aromatic N) is 1. The summed E-state index contributed by atoms with van der Waals surface area (Å²) < 4.78 is 0. The molecule has 1 aliphatic heterocycles. The molecule has 0 aromatic heterocycles. The second kappa shape index (κ2) is 6.69. The van der Waals surface area contributed by atoms with Gasteiger partial charge in [-0.25, -0.2) is 0 Å². The van der Waals surface area contributed by atoms with Gasteiger partial charge < -0.3 is 0 Å². The van der Waals surface area contributed by atoms with Crippen LogP contribution in [0.1, 0.15) is 41.5 Å². The molecule has 0 aromatic rings. The molecule has 0 saturated carbocycles. The van der Waals surface area contributed by atoms with Crippen LogP contribution in [0.3, 0.4) is 0 Å². The molecule has 0 atom stereocenters. The maximum absolute atomic E-state index is 4.33. The molecule has 0 N–H and O–H groups in total. The lowest BCUT2D eigenvalue weighted by atomic mass is 9.86. The van der Waals surface area contributed by atoms with Crippen molar-refractivity contribution < 1.29 is 0 Å². The average molecular weight is 269 g/mol. The van der Waals surface area contributed by atoms with Gasteiger partial charge in [0.1, 0.15) is 0 Å². The molecular formula is C19H27N. The molecule has 1 heterocycles. The Morgan fingerprint density at radius 2 is 1.40 bits per heavy atom. The molecule has 2 aliphatic rings. The van der Waals surface area contributed by atoms with E-state index in [1.807, 2.05) is 26.3 Å². The van der Waals surface area contributed by atoms with E-state index in [0.29, 0.717) is 0 Å². The molecule has 2 rings (SSSR count). The zero-order chi connectivity index (χ0) is 15.2. The van der Waals surface area contributed by atoms with Crippen molar-refractivity contribution in [3.05, 3.63) is 59.9 Å². The van der Waals surface area contributed by atoms with Gasteiger partial charge in [-0.2, -0.15) is 0 Å². The number of hydrogen-bond acceptors (Lipinski definition) is 1. The van der Waals surface area contributed by atoms with Gasteiger partial charge in [-0.3, -0.25) is 4.99 Å². The monoisotopic (exact) mass is 269 g/mol. The Hall–Kier alpha value is -1.63. The van der Waals surface area contributed by atoms with Crippen LogP contribution >= 0.6 is 0 Å². The first-order chi connectivity index (χ1) is 9.38. The summed E-state index contributed by atoms with van der Waals surface area (Å²) in [5.41, 5.74) is 2.56.